The summed E-state index contributed by atoms with van der Waals surface area (Å²) in [5.41, 5.74) is 1.71. The molecule has 0 spiro atoms. The van der Waals surface area contributed by atoms with Crippen molar-refractivity contribution < 1.29 is 8.42 Å². The first-order chi connectivity index (χ1) is 10.0. The number of aryl methyl sites for hydroxylation is 1. The van der Waals surface area contributed by atoms with E-state index in [0.717, 1.165) is 23.4 Å². The number of imidazole rings is 1. The Bertz CT molecular complexity index is 753. The van der Waals surface area contributed by atoms with Crippen LogP contribution in [0.5, 0.6) is 0 Å². The Balaban J connectivity index is 1.90. The van der Waals surface area contributed by atoms with Crippen molar-refractivity contribution in [2.75, 3.05) is 18.8 Å². The molecular formula is C14H20N4O2S. The highest BCUT2D eigenvalue weighted by atomic mass is 32.2. The lowest BCUT2D eigenvalue weighted by Gasteiger charge is -2.17. The molecule has 1 aliphatic heterocycles. The van der Waals surface area contributed by atoms with Gasteiger partial charge in [-0.3, -0.25) is 0 Å². The largest absolute Gasteiger partial charge is 0.308 e. The molecule has 0 bridgehead atoms. The van der Waals surface area contributed by atoms with E-state index in [1.54, 1.807) is 10.5 Å². The topological polar surface area (TPSA) is 68.1 Å². The Morgan fingerprint density at radius 1 is 1.43 bits per heavy atom. The number of aromatic nitrogens is 3. The van der Waals surface area contributed by atoms with Crippen molar-refractivity contribution in [3.63, 3.8) is 0 Å². The monoisotopic (exact) mass is 308 g/mol. The quantitative estimate of drug-likeness (QED) is 0.862. The Labute approximate surface area is 124 Å². The maximum atomic E-state index is 12.2. The van der Waals surface area contributed by atoms with Crippen molar-refractivity contribution >= 4 is 21.2 Å². The summed E-state index contributed by atoms with van der Waals surface area (Å²) in [7, 11) is -3.12. The smallest absolute Gasteiger partial charge is 0.214 e. The molecule has 0 amide bonds. The molecule has 3 rings (SSSR count). The molecule has 2 aromatic heterocycles. The fourth-order valence-electron chi connectivity index (χ4n) is 3.04. The highest BCUT2D eigenvalue weighted by Gasteiger charge is 2.33. The van der Waals surface area contributed by atoms with Crippen molar-refractivity contribution in [1.29, 1.82) is 0 Å². The van der Waals surface area contributed by atoms with Gasteiger partial charge in [-0.25, -0.2) is 18.4 Å². The van der Waals surface area contributed by atoms with Crippen LogP contribution >= 0.6 is 0 Å². The molecule has 114 valence electrons. The third-order valence-electron chi connectivity index (χ3n) is 3.97. The van der Waals surface area contributed by atoms with E-state index in [9.17, 15) is 8.42 Å². The van der Waals surface area contributed by atoms with Crippen molar-refractivity contribution in [3.8, 4) is 0 Å². The third-order valence-corrected chi connectivity index (χ3v) is 6.01. The Morgan fingerprint density at radius 2 is 2.24 bits per heavy atom. The number of rotatable bonds is 4. The lowest BCUT2D eigenvalue weighted by molar-refractivity contribution is 0.451. The fraction of sp³-hybridized carbons (Fsp3) is 0.571. The molecule has 1 aliphatic rings. The van der Waals surface area contributed by atoms with E-state index < -0.39 is 10.0 Å². The second kappa shape index (κ2) is 5.38. The first-order valence-corrected chi connectivity index (χ1v) is 8.91. The lowest BCUT2D eigenvalue weighted by atomic mass is 10.2. The summed E-state index contributed by atoms with van der Waals surface area (Å²) in [6.07, 6.45) is 3.21. The van der Waals surface area contributed by atoms with Crippen LogP contribution in [0.1, 0.15) is 31.6 Å². The van der Waals surface area contributed by atoms with Gasteiger partial charge in [0.1, 0.15) is 11.3 Å². The van der Waals surface area contributed by atoms with Crippen molar-refractivity contribution in [3.05, 3.63) is 24.2 Å². The highest BCUT2D eigenvalue weighted by Crippen LogP contribution is 2.28. The number of hydrogen-bond donors (Lipinski definition) is 0. The molecule has 0 saturated carbocycles. The molecule has 6 nitrogen and oxygen atoms in total. The van der Waals surface area contributed by atoms with E-state index in [-0.39, 0.29) is 11.8 Å². The number of pyridine rings is 1. The van der Waals surface area contributed by atoms with Crippen LogP contribution in [0.15, 0.2) is 18.3 Å². The number of nitrogens with zero attached hydrogens (tertiary/aromatic N) is 4. The van der Waals surface area contributed by atoms with Crippen LogP contribution in [0, 0.1) is 6.92 Å². The van der Waals surface area contributed by atoms with Gasteiger partial charge in [-0.15, -0.1) is 0 Å². The van der Waals surface area contributed by atoms with Crippen LogP contribution in [-0.4, -0.2) is 46.1 Å². The normalized spacial score (nSPS) is 20.4. The van der Waals surface area contributed by atoms with Gasteiger partial charge >= 0.3 is 0 Å². The summed E-state index contributed by atoms with van der Waals surface area (Å²) in [6, 6.07) is 3.93. The summed E-state index contributed by atoms with van der Waals surface area (Å²) >= 11 is 0. The Morgan fingerprint density at radius 3 is 3.00 bits per heavy atom. The van der Waals surface area contributed by atoms with Crippen molar-refractivity contribution in [2.45, 2.75) is 32.7 Å². The summed E-state index contributed by atoms with van der Waals surface area (Å²) < 4.78 is 28.1. The maximum Gasteiger partial charge on any atom is 0.214 e. The third kappa shape index (κ3) is 2.55. The molecule has 1 atom stereocenters. The highest BCUT2D eigenvalue weighted by molar-refractivity contribution is 7.89. The standard InChI is InChI=1S/C14H20N4O2S/c1-3-9-21(19,20)17-8-6-12(10-17)18-11(2)16-13-5-4-7-15-14(13)18/h4-5,7,12H,3,6,8-10H2,1-2H3/t12-/m0/s1. The van der Waals surface area contributed by atoms with Gasteiger partial charge in [0.25, 0.3) is 0 Å². The van der Waals surface area contributed by atoms with E-state index in [1.165, 1.54) is 0 Å². The maximum absolute atomic E-state index is 12.2. The first kappa shape index (κ1) is 14.5. The van der Waals surface area contributed by atoms with Crippen LogP contribution in [0.2, 0.25) is 0 Å². The first-order valence-electron chi connectivity index (χ1n) is 7.30. The Kier molecular flexibility index (Phi) is 3.71. The zero-order chi connectivity index (χ0) is 15.0. The molecule has 0 radical (unpaired) electrons. The van der Waals surface area contributed by atoms with Gasteiger partial charge in [-0.1, -0.05) is 6.92 Å². The minimum atomic E-state index is -3.12. The van der Waals surface area contributed by atoms with Gasteiger partial charge < -0.3 is 4.57 Å². The van der Waals surface area contributed by atoms with Crippen LogP contribution in [0.25, 0.3) is 11.2 Å². The molecule has 0 N–H and O–H groups in total. The van der Waals surface area contributed by atoms with E-state index in [4.69, 9.17) is 0 Å². The van der Waals surface area contributed by atoms with Gasteiger partial charge in [-0.05, 0) is 31.9 Å². The van der Waals surface area contributed by atoms with Gasteiger partial charge in [-0.2, -0.15) is 4.31 Å². The van der Waals surface area contributed by atoms with Crippen LogP contribution < -0.4 is 0 Å². The van der Waals surface area contributed by atoms with E-state index in [2.05, 4.69) is 14.5 Å². The van der Waals surface area contributed by atoms with Gasteiger partial charge in [0.05, 0.1) is 11.8 Å². The second-order valence-electron chi connectivity index (χ2n) is 5.49. The number of sulfonamides is 1. The summed E-state index contributed by atoms with van der Waals surface area (Å²) in [4.78, 5) is 8.92. The predicted octanol–water partition coefficient (Wildman–Crippen LogP) is 1.73. The predicted molar refractivity (Wildman–Crippen MR) is 81.6 cm³/mol. The average Bonchev–Trinajstić information content (AvgIpc) is 3.01. The molecule has 1 fully saturated rings. The number of fused-ring (bicyclic) bond motifs is 1. The Hall–Kier alpha value is -1.47. The van der Waals surface area contributed by atoms with Crippen LogP contribution in [0.4, 0.5) is 0 Å². The van der Waals surface area contributed by atoms with Crippen LogP contribution in [-0.2, 0) is 10.0 Å². The summed E-state index contributed by atoms with van der Waals surface area (Å²) in [6.45, 7) is 4.94. The van der Waals surface area contributed by atoms with Crippen molar-refractivity contribution in [1.82, 2.24) is 18.8 Å². The number of hydrogen-bond acceptors (Lipinski definition) is 4. The molecule has 1 saturated heterocycles. The van der Waals surface area contributed by atoms with Crippen molar-refractivity contribution in [2.24, 2.45) is 0 Å². The minimum Gasteiger partial charge on any atom is -0.308 e. The molecular weight excluding hydrogens is 288 g/mol. The zero-order valence-electron chi connectivity index (χ0n) is 12.4. The van der Waals surface area contributed by atoms with E-state index in [0.29, 0.717) is 19.5 Å². The average molecular weight is 308 g/mol. The molecule has 3 heterocycles. The second-order valence-corrected chi connectivity index (χ2v) is 7.58. The molecule has 2 aromatic rings. The molecule has 21 heavy (non-hydrogen) atoms. The zero-order valence-corrected chi connectivity index (χ0v) is 13.2. The summed E-state index contributed by atoms with van der Waals surface area (Å²) in [5.74, 6) is 1.12. The van der Waals surface area contributed by atoms with Gasteiger partial charge in [0.2, 0.25) is 10.0 Å². The van der Waals surface area contributed by atoms with E-state index in [1.807, 2.05) is 26.0 Å². The van der Waals surface area contributed by atoms with E-state index >= 15 is 0 Å². The van der Waals surface area contributed by atoms with Crippen LogP contribution in [0.3, 0.4) is 0 Å². The molecule has 0 unspecified atom stereocenters. The minimum absolute atomic E-state index is 0.122. The van der Waals surface area contributed by atoms with Gasteiger partial charge in [0, 0.05) is 19.3 Å². The molecule has 7 heteroatoms. The molecule has 0 aromatic carbocycles. The van der Waals surface area contributed by atoms with Gasteiger partial charge in [0.15, 0.2) is 5.65 Å². The lowest BCUT2D eigenvalue weighted by Crippen LogP contribution is -2.31. The SMILES string of the molecule is CCCS(=O)(=O)N1CC[C@H](n2c(C)nc3cccnc32)C1. The molecule has 0 aliphatic carbocycles. The summed E-state index contributed by atoms with van der Waals surface area (Å²) in [5, 5.41) is 0. The fourth-order valence-corrected chi connectivity index (χ4v) is 4.60.